The largest absolute Gasteiger partial charge is 0.472 e. The Morgan fingerprint density at radius 1 is 0.778 bits per heavy atom. The van der Waals surface area contributed by atoms with Crippen molar-refractivity contribution in [1.29, 1.82) is 0 Å². The SMILES string of the molecule is CCCCCCCCCCCCCCCC(=O)O[C@H](COC(=O)CCC/C=C/C[C@@H]1[C@@H](/C=C/[C@@H](O)CCCCC)[C@H](O)C[C@@H]1O)COP(=O)(O)OCCN. The Hall–Kier alpha value is -1.63. The number of aliphatic hydroxyl groups is 3. The fourth-order valence-corrected chi connectivity index (χ4v) is 7.45. The van der Waals surface area contributed by atoms with Crippen LogP contribution in [-0.2, 0) is 32.7 Å². The van der Waals surface area contributed by atoms with Gasteiger partial charge in [0.05, 0.1) is 31.5 Å². The summed E-state index contributed by atoms with van der Waals surface area (Å²) in [7, 11) is -4.43. The van der Waals surface area contributed by atoms with Crippen LogP contribution in [0.4, 0.5) is 0 Å². The van der Waals surface area contributed by atoms with Crippen LogP contribution in [0.1, 0.15) is 162 Å². The smallest absolute Gasteiger partial charge is 0.462 e. The van der Waals surface area contributed by atoms with Crippen molar-refractivity contribution < 1.29 is 52.9 Å². The van der Waals surface area contributed by atoms with E-state index in [9.17, 15) is 34.4 Å². The minimum absolute atomic E-state index is 0.0199. The summed E-state index contributed by atoms with van der Waals surface area (Å²) in [6.45, 7) is 3.35. The molecule has 0 amide bonds. The van der Waals surface area contributed by atoms with Crippen LogP contribution >= 0.6 is 7.82 Å². The minimum atomic E-state index is -4.43. The zero-order valence-electron chi connectivity index (χ0n) is 33.5. The molecule has 0 heterocycles. The van der Waals surface area contributed by atoms with Gasteiger partial charge in [0.25, 0.3) is 0 Å². The molecule has 0 bridgehead atoms. The Morgan fingerprint density at radius 3 is 2.00 bits per heavy atom. The van der Waals surface area contributed by atoms with Crippen molar-refractivity contribution in [3.8, 4) is 0 Å². The second-order valence-corrected chi connectivity index (χ2v) is 16.3. The first-order valence-electron chi connectivity index (χ1n) is 21.1. The van der Waals surface area contributed by atoms with Crippen LogP contribution in [0.25, 0.3) is 0 Å². The van der Waals surface area contributed by atoms with E-state index >= 15 is 0 Å². The van der Waals surface area contributed by atoms with Gasteiger partial charge in [0.2, 0.25) is 0 Å². The fraction of sp³-hybridized carbons (Fsp3) is 0.854. The van der Waals surface area contributed by atoms with Crippen molar-refractivity contribution in [3.05, 3.63) is 24.3 Å². The molecule has 0 radical (unpaired) electrons. The highest BCUT2D eigenvalue weighted by Gasteiger charge is 2.39. The van der Waals surface area contributed by atoms with Gasteiger partial charge in [0.1, 0.15) is 6.61 Å². The molecule has 0 aromatic carbocycles. The normalized spacial score (nSPS) is 21.1. The van der Waals surface area contributed by atoms with E-state index in [2.05, 4.69) is 13.8 Å². The van der Waals surface area contributed by atoms with Gasteiger partial charge in [-0.05, 0) is 38.0 Å². The quantitative estimate of drug-likeness (QED) is 0.0180. The molecule has 0 saturated heterocycles. The van der Waals surface area contributed by atoms with Gasteiger partial charge in [0, 0.05) is 31.7 Å². The lowest BCUT2D eigenvalue weighted by molar-refractivity contribution is -0.161. The first-order chi connectivity index (χ1) is 26.0. The van der Waals surface area contributed by atoms with Crippen LogP contribution in [0.2, 0.25) is 0 Å². The lowest BCUT2D eigenvalue weighted by Gasteiger charge is -2.20. The molecular weight excluding hydrogens is 713 g/mol. The van der Waals surface area contributed by atoms with Gasteiger partial charge in [-0.1, -0.05) is 134 Å². The second kappa shape index (κ2) is 32.5. The summed E-state index contributed by atoms with van der Waals surface area (Å²) in [6, 6.07) is 0. The van der Waals surface area contributed by atoms with Gasteiger partial charge >= 0.3 is 19.8 Å². The molecule has 0 spiro atoms. The van der Waals surface area contributed by atoms with E-state index in [0.29, 0.717) is 38.5 Å². The zero-order chi connectivity index (χ0) is 39.9. The molecule has 54 heavy (non-hydrogen) atoms. The summed E-state index contributed by atoms with van der Waals surface area (Å²) in [4.78, 5) is 35.0. The highest BCUT2D eigenvalue weighted by molar-refractivity contribution is 7.47. The molecule has 0 aliphatic heterocycles. The maximum Gasteiger partial charge on any atom is 0.472 e. The topological polar surface area (TPSA) is 195 Å². The first kappa shape index (κ1) is 50.4. The fourth-order valence-electron chi connectivity index (χ4n) is 6.69. The van der Waals surface area contributed by atoms with Crippen molar-refractivity contribution in [1.82, 2.24) is 0 Å². The van der Waals surface area contributed by atoms with Crippen molar-refractivity contribution in [2.45, 2.75) is 186 Å². The van der Waals surface area contributed by atoms with Gasteiger partial charge in [-0.25, -0.2) is 4.57 Å². The van der Waals surface area contributed by atoms with E-state index in [-0.39, 0.29) is 44.4 Å². The van der Waals surface area contributed by atoms with Crippen LogP contribution < -0.4 is 5.73 Å². The van der Waals surface area contributed by atoms with Crippen molar-refractivity contribution in [2.75, 3.05) is 26.4 Å². The van der Waals surface area contributed by atoms with Crippen LogP contribution in [0.3, 0.4) is 0 Å². The van der Waals surface area contributed by atoms with E-state index in [1.807, 2.05) is 18.2 Å². The highest BCUT2D eigenvalue weighted by atomic mass is 31.2. The Balaban J connectivity index is 2.43. The average Bonchev–Trinajstić information content (AvgIpc) is 3.41. The number of phosphoric ester groups is 1. The Bertz CT molecular complexity index is 1060. The molecule has 1 aliphatic carbocycles. The number of ether oxygens (including phenoxy) is 2. The molecule has 0 aromatic rings. The molecule has 1 aliphatic rings. The van der Waals surface area contributed by atoms with E-state index in [4.69, 9.17) is 24.3 Å². The molecule has 1 fully saturated rings. The number of hydrogen-bond acceptors (Lipinski definition) is 11. The molecule has 1 unspecified atom stereocenters. The van der Waals surface area contributed by atoms with E-state index in [1.165, 1.54) is 57.8 Å². The Morgan fingerprint density at radius 2 is 1.37 bits per heavy atom. The monoisotopic (exact) mass is 790 g/mol. The Labute approximate surface area is 326 Å². The van der Waals surface area contributed by atoms with Crippen molar-refractivity contribution in [3.63, 3.8) is 0 Å². The van der Waals surface area contributed by atoms with Gasteiger partial charge in [0.15, 0.2) is 6.10 Å². The maximum absolute atomic E-state index is 12.6. The molecule has 316 valence electrons. The molecule has 6 N–H and O–H groups in total. The van der Waals surface area contributed by atoms with Crippen LogP contribution in [0.5, 0.6) is 0 Å². The summed E-state index contributed by atoms with van der Waals surface area (Å²) in [5.74, 6) is -1.41. The van der Waals surface area contributed by atoms with Gasteiger partial charge < -0.3 is 35.4 Å². The van der Waals surface area contributed by atoms with Crippen LogP contribution in [0.15, 0.2) is 24.3 Å². The maximum atomic E-state index is 12.6. The van der Waals surface area contributed by atoms with Gasteiger partial charge in [-0.15, -0.1) is 0 Å². The number of carbonyl (C=O) groups is 2. The molecule has 13 heteroatoms. The van der Waals surface area contributed by atoms with E-state index in [1.54, 1.807) is 6.08 Å². The summed E-state index contributed by atoms with van der Waals surface area (Å²) in [6.07, 6.45) is 25.9. The number of allylic oxidation sites excluding steroid dienone is 2. The molecule has 1 rings (SSSR count). The summed E-state index contributed by atoms with van der Waals surface area (Å²) < 4.78 is 32.7. The van der Waals surface area contributed by atoms with E-state index in [0.717, 1.165) is 38.5 Å². The number of phosphoric acid groups is 1. The average molecular weight is 790 g/mol. The molecule has 12 nitrogen and oxygen atoms in total. The number of rotatable bonds is 35. The standard InChI is InChI=1S/C41H76NO11P/c1-3-5-7-8-9-10-11-12-13-14-15-16-22-26-41(47)53-35(33-52-54(48,49)51-30-29-42)32-50-40(46)25-21-18-17-20-24-36-37(39(45)31-38(36)44)28-27-34(43)23-19-6-4-2/h17,20,27-28,34-39,43-45H,3-16,18-19,21-26,29-33,42H2,1-2H3,(H,48,49)/b20-17+,28-27+/t34-,35+,36+,37+,38-,39+/m0/s1. The lowest BCUT2D eigenvalue weighted by Crippen LogP contribution is -2.29. The molecule has 7 atom stereocenters. The third kappa shape index (κ3) is 26.3. The van der Waals surface area contributed by atoms with Crippen LogP contribution in [0, 0.1) is 11.8 Å². The number of unbranched alkanes of at least 4 members (excludes halogenated alkanes) is 15. The summed E-state index contributed by atoms with van der Waals surface area (Å²) in [5, 5.41) is 31.2. The van der Waals surface area contributed by atoms with Gasteiger partial charge in [-0.3, -0.25) is 18.6 Å². The van der Waals surface area contributed by atoms with Crippen molar-refractivity contribution in [2.24, 2.45) is 17.6 Å². The van der Waals surface area contributed by atoms with Crippen LogP contribution in [-0.4, -0.2) is 82.9 Å². The first-order valence-corrected chi connectivity index (χ1v) is 22.6. The third-order valence-electron chi connectivity index (χ3n) is 9.91. The van der Waals surface area contributed by atoms with Crippen molar-refractivity contribution >= 4 is 19.8 Å². The minimum Gasteiger partial charge on any atom is -0.462 e. The zero-order valence-corrected chi connectivity index (χ0v) is 34.4. The van der Waals surface area contributed by atoms with Gasteiger partial charge in [-0.2, -0.15) is 0 Å². The number of hydrogen-bond donors (Lipinski definition) is 5. The number of nitrogens with two attached hydrogens (primary N) is 1. The lowest BCUT2D eigenvalue weighted by atomic mass is 9.89. The summed E-state index contributed by atoms with van der Waals surface area (Å²) in [5.41, 5.74) is 5.34. The number of carbonyl (C=O) groups excluding carboxylic acids is 2. The predicted octanol–water partition coefficient (Wildman–Crippen LogP) is 7.99. The Kier molecular flexibility index (Phi) is 30.3. The molecule has 0 aromatic heterocycles. The highest BCUT2D eigenvalue weighted by Crippen LogP contribution is 2.43. The predicted molar refractivity (Wildman–Crippen MR) is 212 cm³/mol. The summed E-state index contributed by atoms with van der Waals surface area (Å²) >= 11 is 0. The second-order valence-electron chi connectivity index (χ2n) is 14.8. The number of esters is 2. The third-order valence-corrected chi connectivity index (χ3v) is 10.9. The number of aliphatic hydroxyl groups excluding tert-OH is 3. The molecule has 1 saturated carbocycles. The van der Waals surface area contributed by atoms with E-state index < -0.39 is 50.8 Å². The molecular formula is C41H76NO11P.